The average Bonchev–Trinajstić information content (AvgIpc) is 2.45. The highest BCUT2D eigenvalue weighted by molar-refractivity contribution is 5.93. The van der Waals surface area contributed by atoms with Crippen LogP contribution in [0.15, 0.2) is 24.3 Å². The minimum absolute atomic E-state index is 0.0394. The van der Waals surface area contributed by atoms with Gasteiger partial charge in [-0.05, 0) is 13.8 Å². The summed E-state index contributed by atoms with van der Waals surface area (Å²) in [4.78, 5) is 23.8. The fraction of sp³-hybridized carbons (Fsp3) is 0.533. The summed E-state index contributed by atoms with van der Waals surface area (Å²) in [5.74, 6) is -0.660. The van der Waals surface area contributed by atoms with Crippen LogP contribution in [-0.2, 0) is 9.59 Å². The van der Waals surface area contributed by atoms with Crippen LogP contribution in [0.2, 0.25) is 0 Å². The summed E-state index contributed by atoms with van der Waals surface area (Å²) < 4.78 is 0. The number of hydrogen-bond acceptors (Lipinski definition) is 4. The van der Waals surface area contributed by atoms with Gasteiger partial charge in [0.05, 0.1) is 12.6 Å². The van der Waals surface area contributed by atoms with Gasteiger partial charge in [-0.15, -0.1) is 0 Å². The zero-order valence-electron chi connectivity index (χ0n) is 13.3. The van der Waals surface area contributed by atoms with Crippen molar-refractivity contribution in [2.45, 2.75) is 33.7 Å². The molecule has 0 aliphatic heterocycles. The van der Waals surface area contributed by atoms with E-state index >= 15 is 0 Å². The molecule has 0 bridgehead atoms. The Hall–Kier alpha value is -2.13. The SMILES string of the molecule is C=C(C)C(=O)NCC(C#N)N(C(=O)C(=C)C)N(CC)CC. The molecule has 21 heavy (non-hydrogen) atoms. The van der Waals surface area contributed by atoms with E-state index in [4.69, 9.17) is 0 Å². The first-order valence-electron chi connectivity index (χ1n) is 6.87. The van der Waals surface area contributed by atoms with Crippen molar-refractivity contribution in [2.24, 2.45) is 0 Å². The Balaban J connectivity index is 5.22. The molecule has 0 fully saturated rings. The van der Waals surface area contributed by atoms with Gasteiger partial charge in [-0.25, -0.2) is 5.01 Å². The van der Waals surface area contributed by atoms with E-state index in [2.05, 4.69) is 24.5 Å². The number of rotatable bonds is 8. The monoisotopic (exact) mass is 292 g/mol. The van der Waals surface area contributed by atoms with Gasteiger partial charge in [0.1, 0.15) is 0 Å². The van der Waals surface area contributed by atoms with Crippen molar-refractivity contribution in [1.82, 2.24) is 15.3 Å². The number of amides is 2. The first-order valence-corrected chi connectivity index (χ1v) is 6.87. The van der Waals surface area contributed by atoms with Crippen LogP contribution in [0.5, 0.6) is 0 Å². The molecule has 0 saturated carbocycles. The number of carbonyl (C=O) groups excluding carboxylic acids is 2. The van der Waals surface area contributed by atoms with Gasteiger partial charge in [-0.3, -0.25) is 14.6 Å². The second kappa shape index (κ2) is 8.93. The lowest BCUT2D eigenvalue weighted by molar-refractivity contribution is -0.147. The van der Waals surface area contributed by atoms with Crippen molar-refractivity contribution in [3.05, 3.63) is 24.3 Å². The molecule has 1 unspecified atom stereocenters. The summed E-state index contributed by atoms with van der Waals surface area (Å²) in [5, 5.41) is 15.1. The number of nitrogens with one attached hydrogen (secondary N) is 1. The molecule has 0 rings (SSSR count). The molecule has 6 heteroatoms. The summed E-state index contributed by atoms with van der Waals surface area (Å²) in [7, 11) is 0. The molecule has 2 amide bonds. The van der Waals surface area contributed by atoms with Crippen molar-refractivity contribution < 1.29 is 9.59 Å². The predicted molar refractivity (Wildman–Crippen MR) is 81.8 cm³/mol. The van der Waals surface area contributed by atoms with Gasteiger partial charge in [0.15, 0.2) is 6.04 Å². The van der Waals surface area contributed by atoms with Gasteiger partial charge in [0.25, 0.3) is 5.91 Å². The Bertz CT molecular complexity index is 461. The minimum atomic E-state index is -0.794. The maximum absolute atomic E-state index is 12.3. The van der Waals surface area contributed by atoms with Crippen molar-refractivity contribution >= 4 is 11.8 Å². The molecule has 0 aromatic heterocycles. The van der Waals surface area contributed by atoms with Crippen LogP contribution in [0.3, 0.4) is 0 Å². The molecular weight excluding hydrogens is 268 g/mol. The molecule has 0 radical (unpaired) electrons. The standard InChI is InChI=1S/C15H24N4O2/c1-7-18(8-2)19(15(21)12(5)6)13(9-16)10-17-14(20)11(3)4/h13H,3,5,7-8,10H2,1-2,4,6H3,(H,17,20). The largest absolute Gasteiger partial charge is 0.349 e. The Labute approximate surface area is 126 Å². The molecule has 116 valence electrons. The van der Waals surface area contributed by atoms with Crippen LogP contribution < -0.4 is 5.32 Å². The van der Waals surface area contributed by atoms with E-state index in [1.807, 2.05) is 13.8 Å². The Morgan fingerprint density at radius 1 is 1.19 bits per heavy atom. The van der Waals surface area contributed by atoms with E-state index in [0.29, 0.717) is 24.2 Å². The van der Waals surface area contributed by atoms with E-state index in [0.717, 1.165) is 0 Å². The topological polar surface area (TPSA) is 76.4 Å². The Kier molecular flexibility index (Phi) is 8.02. The normalized spacial score (nSPS) is 11.4. The predicted octanol–water partition coefficient (Wildman–Crippen LogP) is 1.23. The molecule has 0 saturated heterocycles. The molecule has 0 aromatic carbocycles. The van der Waals surface area contributed by atoms with E-state index in [-0.39, 0.29) is 18.4 Å². The molecule has 0 spiro atoms. The molecule has 0 aliphatic carbocycles. The zero-order valence-corrected chi connectivity index (χ0v) is 13.3. The highest BCUT2D eigenvalue weighted by Gasteiger charge is 2.28. The Morgan fingerprint density at radius 3 is 2.05 bits per heavy atom. The number of hydrazine groups is 1. The zero-order chi connectivity index (χ0) is 16.6. The second-order valence-electron chi connectivity index (χ2n) is 4.70. The van der Waals surface area contributed by atoms with Crippen LogP contribution in [0.4, 0.5) is 0 Å². The van der Waals surface area contributed by atoms with Gasteiger partial charge in [0.2, 0.25) is 5.91 Å². The fourth-order valence-electron chi connectivity index (χ4n) is 1.72. The summed E-state index contributed by atoms with van der Waals surface area (Å²) in [6, 6.07) is 1.27. The minimum Gasteiger partial charge on any atom is -0.349 e. The quantitative estimate of drug-likeness (QED) is 0.539. The summed E-state index contributed by atoms with van der Waals surface area (Å²) in [5.41, 5.74) is 0.695. The number of nitriles is 1. The van der Waals surface area contributed by atoms with E-state index < -0.39 is 6.04 Å². The second-order valence-corrected chi connectivity index (χ2v) is 4.70. The molecule has 1 atom stereocenters. The maximum Gasteiger partial charge on any atom is 0.264 e. The van der Waals surface area contributed by atoms with Crippen LogP contribution in [0, 0.1) is 11.3 Å². The lowest BCUT2D eigenvalue weighted by Gasteiger charge is -2.36. The highest BCUT2D eigenvalue weighted by atomic mass is 16.2. The molecule has 0 aliphatic rings. The maximum atomic E-state index is 12.3. The number of nitrogens with zero attached hydrogens (tertiary/aromatic N) is 3. The van der Waals surface area contributed by atoms with Crippen LogP contribution in [-0.4, -0.2) is 47.5 Å². The van der Waals surface area contributed by atoms with Crippen LogP contribution in [0.1, 0.15) is 27.7 Å². The smallest absolute Gasteiger partial charge is 0.264 e. The lowest BCUT2D eigenvalue weighted by Crippen LogP contribution is -2.55. The van der Waals surface area contributed by atoms with Crippen molar-refractivity contribution in [2.75, 3.05) is 19.6 Å². The van der Waals surface area contributed by atoms with Crippen molar-refractivity contribution in [3.63, 3.8) is 0 Å². The Morgan fingerprint density at radius 2 is 1.71 bits per heavy atom. The number of hydrogen-bond donors (Lipinski definition) is 1. The van der Waals surface area contributed by atoms with E-state index in [1.54, 1.807) is 18.9 Å². The first-order chi connectivity index (χ1) is 9.79. The van der Waals surface area contributed by atoms with Crippen LogP contribution in [0.25, 0.3) is 0 Å². The average molecular weight is 292 g/mol. The molecule has 6 nitrogen and oxygen atoms in total. The summed E-state index contributed by atoms with van der Waals surface area (Å²) in [6.07, 6.45) is 0. The summed E-state index contributed by atoms with van der Waals surface area (Å²) >= 11 is 0. The molecule has 1 N–H and O–H groups in total. The van der Waals surface area contributed by atoms with Gasteiger partial charge in [-0.1, -0.05) is 27.0 Å². The van der Waals surface area contributed by atoms with Crippen LogP contribution >= 0.6 is 0 Å². The van der Waals surface area contributed by atoms with Gasteiger partial charge in [0, 0.05) is 24.2 Å². The summed E-state index contributed by atoms with van der Waals surface area (Å²) in [6.45, 7) is 15.3. The van der Waals surface area contributed by atoms with Gasteiger partial charge >= 0.3 is 0 Å². The van der Waals surface area contributed by atoms with Gasteiger partial charge < -0.3 is 5.32 Å². The third-order valence-electron chi connectivity index (χ3n) is 2.90. The van der Waals surface area contributed by atoms with Crippen molar-refractivity contribution in [1.29, 1.82) is 5.26 Å². The molecular formula is C15H24N4O2. The molecule has 0 aromatic rings. The first kappa shape index (κ1) is 18.9. The van der Waals surface area contributed by atoms with Crippen molar-refractivity contribution in [3.8, 4) is 6.07 Å². The van der Waals surface area contributed by atoms with E-state index in [1.165, 1.54) is 5.01 Å². The third kappa shape index (κ3) is 5.40. The lowest BCUT2D eigenvalue weighted by atomic mass is 10.2. The molecule has 0 heterocycles. The van der Waals surface area contributed by atoms with Gasteiger partial charge in [-0.2, -0.15) is 5.26 Å². The number of carbonyl (C=O) groups is 2. The highest BCUT2D eigenvalue weighted by Crippen LogP contribution is 2.09. The fourth-order valence-corrected chi connectivity index (χ4v) is 1.72. The third-order valence-corrected chi connectivity index (χ3v) is 2.90. The van der Waals surface area contributed by atoms with E-state index in [9.17, 15) is 14.9 Å².